The van der Waals surface area contributed by atoms with Crippen molar-refractivity contribution in [2.75, 3.05) is 31.1 Å². The molecule has 0 saturated heterocycles. The van der Waals surface area contributed by atoms with Crippen molar-refractivity contribution >= 4 is 50.8 Å². The number of hydrogen-bond donors (Lipinski definition) is 0. The van der Waals surface area contributed by atoms with E-state index in [9.17, 15) is 17.8 Å². The van der Waals surface area contributed by atoms with Crippen molar-refractivity contribution in [1.82, 2.24) is 0 Å². The van der Waals surface area contributed by atoms with Crippen molar-refractivity contribution in [2.45, 2.75) is 6.92 Å². The molecule has 1 aromatic heterocycles. The molecule has 0 saturated carbocycles. The van der Waals surface area contributed by atoms with Crippen LogP contribution in [-0.2, 0) is 26.4 Å². The molecule has 0 aliphatic carbocycles. The largest absolute Gasteiger partial charge is 0.726 e. The Balaban J connectivity index is 0.000000599. The van der Waals surface area contributed by atoms with E-state index in [2.05, 4.69) is 19.5 Å². The van der Waals surface area contributed by atoms with Gasteiger partial charge in [0.2, 0.25) is 10.4 Å². The maximum atomic E-state index is 13.0. The van der Waals surface area contributed by atoms with E-state index in [0.717, 1.165) is 24.0 Å². The van der Waals surface area contributed by atoms with Crippen molar-refractivity contribution in [2.24, 2.45) is 22.4 Å². The topological polar surface area (TPSA) is 131 Å². The summed E-state index contributed by atoms with van der Waals surface area (Å²) in [6, 6.07) is 19.0. The maximum absolute atomic E-state index is 13.0. The number of anilines is 2. The highest BCUT2D eigenvalue weighted by Gasteiger charge is 2.28. The molecule has 0 atom stereocenters. The summed E-state index contributed by atoms with van der Waals surface area (Å²) < 4.78 is 33.0. The van der Waals surface area contributed by atoms with E-state index in [1.54, 1.807) is 0 Å². The molecule has 1 aliphatic rings. The summed E-state index contributed by atoms with van der Waals surface area (Å²) in [5, 5.41) is 14.4. The highest BCUT2D eigenvalue weighted by atomic mass is 32.3. The summed E-state index contributed by atoms with van der Waals surface area (Å²) in [6.07, 6.45) is 5.78. The molecule has 1 aliphatic heterocycles. The van der Waals surface area contributed by atoms with Gasteiger partial charge in [-0.1, -0.05) is 0 Å². The monoisotopic (exact) mass is 536 g/mol. The van der Waals surface area contributed by atoms with Crippen LogP contribution in [-0.4, -0.2) is 45.8 Å². The first kappa shape index (κ1) is 28.3. The number of pyridine rings is 1. The van der Waals surface area contributed by atoms with Crippen molar-refractivity contribution in [3.05, 3.63) is 84.2 Å². The number of amides is 1. The lowest BCUT2D eigenvalue weighted by Gasteiger charge is -2.12. The van der Waals surface area contributed by atoms with Gasteiger partial charge in [0.05, 0.1) is 35.5 Å². The fourth-order valence-electron chi connectivity index (χ4n) is 3.32. The molecule has 11 nitrogen and oxygen atoms in total. The molecule has 2 aromatic carbocycles. The van der Waals surface area contributed by atoms with Gasteiger partial charge in [0.25, 0.3) is 5.91 Å². The Kier molecular flexibility index (Phi) is 9.18. The van der Waals surface area contributed by atoms with Gasteiger partial charge < -0.3 is 9.45 Å². The molecule has 0 radical (unpaired) electrons. The van der Waals surface area contributed by atoms with Gasteiger partial charge in [-0.3, -0.25) is 8.98 Å². The quantitative estimate of drug-likeness (QED) is 0.154. The molecule has 38 heavy (non-hydrogen) atoms. The van der Waals surface area contributed by atoms with Gasteiger partial charge in [-0.05, 0) is 67.6 Å². The average Bonchev–Trinajstić information content (AvgIpc) is 3.16. The first-order valence-corrected chi connectivity index (χ1v) is 12.7. The lowest BCUT2D eigenvalue weighted by Crippen LogP contribution is -2.26. The fourth-order valence-corrected chi connectivity index (χ4v) is 3.32. The van der Waals surface area contributed by atoms with E-state index in [1.807, 2.05) is 117 Å². The lowest BCUT2D eigenvalue weighted by atomic mass is 10.1. The lowest BCUT2D eigenvalue weighted by molar-refractivity contribution is -0.671. The summed E-state index contributed by atoms with van der Waals surface area (Å²) in [4.78, 5) is 15.0. The zero-order valence-electron chi connectivity index (χ0n) is 21.6. The number of azo groups is 1. The zero-order valence-corrected chi connectivity index (χ0v) is 22.5. The van der Waals surface area contributed by atoms with Gasteiger partial charge >= 0.3 is 0 Å². The third-order valence-corrected chi connectivity index (χ3v) is 5.69. The molecule has 3 aromatic rings. The molecule has 4 rings (SSSR count). The summed E-state index contributed by atoms with van der Waals surface area (Å²) in [5.41, 5.74) is 5.49. The standard InChI is InChI=1S/C25H25N6O.CH4O4S/c1-18-24(16-19-6-5-15-30(4)17-19)25(32)31(28-18)23-13-9-21(10-14-23)27-26-20-7-11-22(12-8-20)29(2)3;1-5-6(2,3)4/h5-17H,1-4H3;1H3,(H,2,3,4)/q+1;/p-1/b24-16+,27-26+;. The van der Waals surface area contributed by atoms with Gasteiger partial charge in [-0.25, -0.2) is 13.0 Å². The van der Waals surface area contributed by atoms with Crippen LogP contribution in [0, 0.1) is 0 Å². The Labute approximate surface area is 222 Å². The van der Waals surface area contributed by atoms with E-state index >= 15 is 0 Å². The van der Waals surface area contributed by atoms with E-state index < -0.39 is 10.4 Å². The summed E-state index contributed by atoms with van der Waals surface area (Å²) in [6.45, 7) is 1.84. The zero-order chi connectivity index (χ0) is 27.9. The first-order chi connectivity index (χ1) is 18.0. The number of carbonyl (C=O) groups excluding carboxylic acids is 1. The number of hydrogen-bond acceptors (Lipinski definition) is 9. The maximum Gasteiger partial charge on any atom is 0.280 e. The predicted molar refractivity (Wildman–Crippen MR) is 144 cm³/mol. The number of carbonyl (C=O) groups is 1. The van der Waals surface area contributed by atoms with Crippen LogP contribution in [0.25, 0.3) is 6.08 Å². The molecule has 1 amide bonds. The summed E-state index contributed by atoms with van der Waals surface area (Å²) in [5.74, 6) is -0.149. The van der Waals surface area contributed by atoms with Crippen LogP contribution in [0.4, 0.5) is 22.7 Å². The van der Waals surface area contributed by atoms with Crippen LogP contribution < -0.4 is 14.5 Å². The summed E-state index contributed by atoms with van der Waals surface area (Å²) >= 11 is 0. The minimum atomic E-state index is -4.41. The van der Waals surface area contributed by atoms with E-state index in [0.29, 0.717) is 22.7 Å². The van der Waals surface area contributed by atoms with Gasteiger partial charge in [-0.15, -0.1) is 0 Å². The number of rotatable bonds is 6. The molecule has 2 heterocycles. The van der Waals surface area contributed by atoms with E-state index in [4.69, 9.17) is 0 Å². The SMILES string of the molecule is CC1=NN(c2ccc(/N=N/c3ccc(N(C)C)cc3)cc2)C(=O)/C1=C/c1ccc[n+](C)c1.COS(=O)(=O)[O-]. The molecule has 12 heteroatoms. The second kappa shape index (κ2) is 12.3. The van der Waals surface area contributed by atoms with E-state index in [1.165, 1.54) is 5.01 Å². The second-order valence-corrected chi connectivity index (χ2v) is 9.52. The number of benzene rings is 2. The molecular weight excluding hydrogens is 508 g/mol. The molecule has 198 valence electrons. The van der Waals surface area contributed by atoms with Gasteiger partial charge in [0.1, 0.15) is 7.05 Å². The average molecular weight is 537 g/mol. The van der Waals surface area contributed by atoms with Crippen molar-refractivity contribution in [3.8, 4) is 0 Å². The number of aryl methyl sites for hydroxylation is 1. The minimum absolute atomic E-state index is 0.149. The number of aromatic nitrogens is 1. The first-order valence-electron chi connectivity index (χ1n) is 11.3. The number of nitrogens with zero attached hydrogens (tertiary/aromatic N) is 6. The second-order valence-electron chi connectivity index (χ2n) is 8.37. The van der Waals surface area contributed by atoms with Gasteiger partial charge in [-0.2, -0.15) is 20.3 Å². The highest BCUT2D eigenvalue weighted by molar-refractivity contribution is 7.80. The van der Waals surface area contributed by atoms with Crippen LogP contribution in [0.2, 0.25) is 0 Å². The normalized spacial score (nSPS) is 14.5. The Morgan fingerprint density at radius 3 is 2.08 bits per heavy atom. The van der Waals surface area contributed by atoms with Crippen LogP contribution in [0.15, 0.2) is 94.0 Å². The van der Waals surface area contributed by atoms with Crippen molar-refractivity contribution < 1.29 is 26.5 Å². The number of hydrazone groups is 1. The third kappa shape index (κ3) is 7.87. The Hall–Kier alpha value is -4.26. The minimum Gasteiger partial charge on any atom is -0.726 e. The Bertz CT molecular complexity index is 1480. The van der Waals surface area contributed by atoms with Crippen LogP contribution in [0.1, 0.15) is 12.5 Å². The highest BCUT2D eigenvalue weighted by Crippen LogP contribution is 2.28. The third-order valence-electron chi connectivity index (χ3n) is 5.28. The van der Waals surface area contributed by atoms with Gasteiger partial charge in [0, 0.05) is 31.4 Å². The molecule has 0 unspecified atom stereocenters. The van der Waals surface area contributed by atoms with Crippen LogP contribution in [0.5, 0.6) is 0 Å². The predicted octanol–water partition coefficient (Wildman–Crippen LogP) is 3.89. The molecule has 0 bridgehead atoms. The summed E-state index contributed by atoms with van der Waals surface area (Å²) in [7, 11) is 2.33. The Morgan fingerprint density at radius 2 is 1.58 bits per heavy atom. The Morgan fingerprint density at radius 1 is 1.03 bits per heavy atom. The molecule has 0 spiro atoms. The smallest absolute Gasteiger partial charge is 0.280 e. The van der Waals surface area contributed by atoms with E-state index in [-0.39, 0.29) is 5.91 Å². The van der Waals surface area contributed by atoms with Gasteiger partial charge in [0.15, 0.2) is 12.4 Å². The molecule has 0 N–H and O–H groups in total. The van der Waals surface area contributed by atoms with Crippen molar-refractivity contribution in [3.63, 3.8) is 0 Å². The molecular formula is C26H28N6O5S. The van der Waals surface area contributed by atoms with Crippen LogP contribution >= 0.6 is 0 Å². The van der Waals surface area contributed by atoms with Crippen molar-refractivity contribution in [1.29, 1.82) is 0 Å². The molecule has 0 fully saturated rings. The fraction of sp³-hybridized carbons (Fsp3) is 0.192. The van der Waals surface area contributed by atoms with Crippen LogP contribution in [0.3, 0.4) is 0 Å².